The van der Waals surface area contributed by atoms with Crippen molar-refractivity contribution in [3.05, 3.63) is 11.9 Å². The molecule has 0 aliphatic rings. The molecule has 1 atom stereocenters. The number of aliphatic hydroxyl groups excluding tert-OH is 1. The molecule has 1 nitrogen and oxygen atoms in total. The summed E-state index contributed by atoms with van der Waals surface area (Å²) in [6, 6.07) is 0. The maximum atomic E-state index is 12.4. The molecule has 0 bridgehead atoms. The van der Waals surface area contributed by atoms with Gasteiger partial charge >= 0.3 is 0 Å². The van der Waals surface area contributed by atoms with Crippen molar-refractivity contribution in [2.24, 2.45) is 0 Å². The zero-order chi connectivity index (χ0) is 7.28. The van der Waals surface area contributed by atoms with Crippen LogP contribution in [0.4, 0.5) is 4.39 Å². The highest BCUT2D eigenvalue weighted by atomic mass is 19.1. The van der Waals surface area contributed by atoms with Crippen molar-refractivity contribution in [3.63, 3.8) is 0 Å². The minimum absolute atomic E-state index is 0.403. The van der Waals surface area contributed by atoms with Crippen molar-refractivity contribution >= 4 is 0 Å². The first-order valence-corrected chi connectivity index (χ1v) is 3.26. The fourth-order valence-electron chi connectivity index (χ4n) is 0.526. The first-order valence-electron chi connectivity index (χ1n) is 3.26. The molecule has 0 fully saturated rings. The Bertz CT molecular complexity index is 99.1. The number of hydrogen-bond acceptors (Lipinski definition) is 1. The van der Waals surface area contributed by atoms with Gasteiger partial charge in [0, 0.05) is 0 Å². The highest BCUT2D eigenvalue weighted by Gasteiger charge is 2.04. The monoisotopic (exact) mass is 132 g/mol. The van der Waals surface area contributed by atoms with Crippen molar-refractivity contribution < 1.29 is 9.50 Å². The summed E-state index contributed by atoms with van der Waals surface area (Å²) in [7, 11) is 0. The smallest absolute Gasteiger partial charge is 0.124 e. The zero-order valence-electron chi connectivity index (χ0n) is 5.89. The molecule has 0 radical (unpaired) electrons. The quantitative estimate of drug-likeness (QED) is 0.622. The Balaban J connectivity index is 3.70. The predicted molar refractivity (Wildman–Crippen MR) is 35.8 cm³/mol. The second kappa shape index (κ2) is 4.50. The number of hydrogen-bond donors (Lipinski definition) is 1. The number of rotatable bonds is 3. The average Bonchev–Trinajstić information content (AvgIpc) is 1.87. The van der Waals surface area contributed by atoms with Crippen molar-refractivity contribution in [3.8, 4) is 0 Å². The summed E-state index contributed by atoms with van der Waals surface area (Å²) in [5.74, 6) is -0.403. The Morgan fingerprint density at radius 3 is 2.56 bits per heavy atom. The lowest BCUT2D eigenvalue weighted by Gasteiger charge is -2.02. The van der Waals surface area contributed by atoms with E-state index in [1.54, 1.807) is 6.92 Å². The molecule has 0 aromatic heterocycles. The molecule has 0 saturated carbocycles. The first-order chi connectivity index (χ1) is 4.22. The van der Waals surface area contributed by atoms with Crippen LogP contribution in [0.5, 0.6) is 0 Å². The van der Waals surface area contributed by atoms with E-state index in [0.29, 0.717) is 12.8 Å². The summed E-state index contributed by atoms with van der Waals surface area (Å²) in [4.78, 5) is 0. The third-order valence-corrected chi connectivity index (χ3v) is 1.10. The molecule has 1 unspecified atom stereocenters. The van der Waals surface area contributed by atoms with Gasteiger partial charge in [-0.2, -0.15) is 0 Å². The summed E-state index contributed by atoms with van der Waals surface area (Å²) >= 11 is 0. The summed E-state index contributed by atoms with van der Waals surface area (Å²) in [5, 5.41) is 8.81. The molecule has 1 N–H and O–H groups in total. The van der Waals surface area contributed by atoms with Gasteiger partial charge in [0.05, 0.1) is 0 Å². The molecule has 0 heterocycles. The Morgan fingerprint density at radius 1 is 1.67 bits per heavy atom. The molecule has 0 aliphatic carbocycles. The van der Waals surface area contributed by atoms with Gasteiger partial charge in [-0.25, -0.2) is 4.39 Å². The van der Waals surface area contributed by atoms with Crippen LogP contribution < -0.4 is 0 Å². The van der Waals surface area contributed by atoms with Gasteiger partial charge in [0.15, 0.2) is 0 Å². The van der Waals surface area contributed by atoms with E-state index in [0.717, 1.165) is 0 Å². The summed E-state index contributed by atoms with van der Waals surface area (Å²) in [5.41, 5.74) is 0. The van der Waals surface area contributed by atoms with Crippen LogP contribution in [0.15, 0.2) is 11.9 Å². The Kier molecular flexibility index (Phi) is 4.32. The van der Waals surface area contributed by atoms with E-state index in [4.69, 9.17) is 5.11 Å². The Morgan fingerprint density at radius 2 is 2.22 bits per heavy atom. The number of allylic oxidation sites excluding steroid dienone is 1. The van der Waals surface area contributed by atoms with Crippen LogP contribution in [0, 0.1) is 0 Å². The highest BCUT2D eigenvalue weighted by Crippen LogP contribution is 2.07. The van der Waals surface area contributed by atoms with Crippen molar-refractivity contribution in [2.75, 3.05) is 0 Å². The molecule has 0 amide bonds. The van der Waals surface area contributed by atoms with Crippen molar-refractivity contribution in [1.29, 1.82) is 0 Å². The van der Waals surface area contributed by atoms with E-state index in [1.165, 1.54) is 6.08 Å². The molecule has 54 valence electrons. The van der Waals surface area contributed by atoms with Crippen LogP contribution in [0.25, 0.3) is 0 Å². The third-order valence-electron chi connectivity index (χ3n) is 1.10. The second-order valence-corrected chi connectivity index (χ2v) is 1.92. The Hall–Kier alpha value is -0.370. The maximum Gasteiger partial charge on any atom is 0.124 e. The van der Waals surface area contributed by atoms with Crippen molar-refractivity contribution in [2.45, 2.75) is 32.8 Å². The molecule has 0 spiro atoms. The molecule has 0 saturated heterocycles. The lowest BCUT2D eigenvalue weighted by molar-refractivity contribution is 0.178. The molecular formula is C7H13FO. The number of halogens is 1. The van der Waals surface area contributed by atoms with Gasteiger partial charge in [0.25, 0.3) is 0 Å². The van der Waals surface area contributed by atoms with E-state index in [1.807, 2.05) is 6.92 Å². The zero-order valence-corrected chi connectivity index (χ0v) is 5.89. The van der Waals surface area contributed by atoms with Crippen LogP contribution in [0.2, 0.25) is 0 Å². The van der Waals surface area contributed by atoms with E-state index < -0.39 is 11.9 Å². The van der Waals surface area contributed by atoms with Gasteiger partial charge in [-0.15, -0.1) is 0 Å². The minimum Gasteiger partial charge on any atom is -0.386 e. The third kappa shape index (κ3) is 3.25. The lowest BCUT2D eigenvalue weighted by atomic mass is 10.2. The van der Waals surface area contributed by atoms with E-state index in [2.05, 4.69) is 0 Å². The molecule has 0 aromatic rings. The molecule has 0 aliphatic heterocycles. The SMILES string of the molecule is CC/C=C(\F)C(O)CC. The van der Waals surface area contributed by atoms with Gasteiger partial charge in [-0.05, 0) is 12.8 Å². The maximum absolute atomic E-state index is 12.4. The molecule has 9 heavy (non-hydrogen) atoms. The Labute approximate surface area is 55.2 Å². The van der Waals surface area contributed by atoms with Crippen LogP contribution in [0.3, 0.4) is 0 Å². The van der Waals surface area contributed by atoms with Gasteiger partial charge in [-0.3, -0.25) is 0 Å². The van der Waals surface area contributed by atoms with Crippen LogP contribution >= 0.6 is 0 Å². The van der Waals surface area contributed by atoms with E-state index >= 15 is 0 Å². The second-order valence-electron chi connectivity index (χ2n) is 1.92. The fraction of sp³-hybridized carbons (Fsp3) is 0.714. The van der Waals surface area contributed by atoms with E-state index in [9.17, 15) is 4.39 Å². The van der Waals surface area contributed by atoms with Crippen molar-refractivity contribution in [1.82, 2.24) is 0 Å². The molecule has 2 heteroatoms. The number of aliphatic hydroxyl groups is 1. The van der Waals surface area contributed by atoms with Crippen LogP contribution in [-0.4, -0.2) is 11.2 Å². The van der Waals surface area contributed by atoms with Gasteiger partial charge in [-0.1, -0.05) is 19.9 Å². The van der Waals surface area contributed by atoms with Crippen LogP contribution in [0.1, 0.15) is 26.7 Å². The van der Waals surface area contributed by atoms with Gasteiger partial charge < -0.3 is 5.11 Å². The summed E-state index contributed by atoms with van der Waals surface area (Å²) in [6.07, 6.45) is 1.60. The van der Waals surface area contributed by atoms with Gasteiger partial charge in [0.2, 0.25) is 0 Å². The van der Waals surface area contributed by atoms with Crippen LogP contribution in [-0.2, 0) is 0 Å². The normalized spacial score (nSPS) is 15.8. The first kappa shape index (κ1) is 8.63. The van der Waals surface area contributed by atoms with E-state index in [-0.39, 0.29) is 0 Å². The molecular weight excluding hydrogens is 119 g/mol. The largest absolute Gasteiger partial charge is 0.386 e. The van der Waals surface area contributed by atoms with Gasteiger partial charge in [0.1, 0.15) is 11.9 Å². The summed E-state index contributed by atoms with van der Waals surface area (Å²) < 4.78 is 12.4. The lowest BCUT2D eigenvalue weighted by Crippen LogP contribution is -2.04. The predicted octanol–water partition coefficient (Wildman–Crippen LogP) is 2.02. The highest BCUT2D eigenvalue weighted by molar-refractivity contribution is 4.96. The molecule has 0 aromatic carbocycles. The molecule has 0 rings (SSSR count). The standard InChI is InChI=1S/C7H13FO/c1-3-5-6(8)7(9)4-2/h5,7,9H,3-4H2,1-2H3/b6-5-. The topological polar surface area (TPSA) is 20.2 Å². The minimum atomic E-state index is -0.884. The average molecular weight is 132 g/mol. The summed E-state index contributed by atoms with van der Waals surface area (Å²) in [6.45, 7) is 3.58. The fourth-order valence-corrected chi connectivity index (χ4v) is 0.526.